The third-order valence-electron chi connectivity index (χ3n) is 6.59. The van der Waals surface area contributed by atoms with E-state index < -0.39 is 36.4 Å². The van der Waals surface area contributed by atoms with E-state index in [-0.39, 0.29) is 18.3 Å². The van der Waals surface area contributed by atoms with Crippen LogP contribution in [0.1, 0.15) is 151 Å². The first kappa shape index (κ1) is 35.4. The number of unbranched alkanes of at least 4 members (excludes halogenated alkanes) is 3. The maximum absolute atomic E-state index is 13.3. The molecule has 0 aromatic carbocycles. The maximum Gasteiger partial charge on any atom is 0.339 e. The number of aliphatic hydroxyl groups is 1. The predicted molar refractivity (Wildman–Crippen MR) is 147 cm³/mol. The van der Waals surface area contributed by atoms with Crippen LogP contribution in [-0.4, -0.2) is 46.9 Å². The Bertz CT molecular complexity index is 585. The smallest absolute Gasteiger partial charge is 0.339 e. The lowest BCUT2D eigenvalue weighted by Gasteiger charge is -2.29. The van der Waals surface area contributed by atoms with Gasteiger partial charge in [0.2, 0.25) is 0 Å². The summed E-state index contributed by atoms with van der Waals surface area (Å²) in [7, 11) is 0. The molecule has 7 heteroatoms. The first-order valence-electron chi connectivity index (χ1n) is 15.0. The Hall–Kier alpha value is -1.63. The van der Waals surface area contributed by atoms with Crippen LogP contribution in [-0.2, 0) is 28.6 Å². The lowest BCUT2D eigenvalue weighted by Crippen LogP contribution is -2.46. The molecule has 37 heavy (non-hydrogen) atoms. The van der Waals surface area contributed by atoms with Gasteiger partial charge in [0.15, 0.2) is 5.60 Å². The van der Waals surface area contributed by atoms with Gasteiger partial charge >= 0.3 is 17.9 Å². The summed E-state index contributed by atoms with van der Waals surface area (Å²) in [6.07, 6.45) is 10.2. The third-order valence-corrected chi connectivity index (χ3v) is 6.59. The van der Waals surface area contributed by atoms with E-state index in [4.69, 9.17) is 14.2 Å². The van der Waals surface area contributed by atoms with Crippen LogP contribution in [0.15, 0.2) is 0 Å². The Morgan fingerprint density at radius 3 is 1.16 bits per heavy atom. The zero-order valence-electron chi connectivity index (χ0n) is 24.6. The van der Waals surface area contributed by atoms with Gasteiger partial charge in [-0.15, -0.1) is 0 Å². The van der Waals surface area contributed by atoms with Gasteiger partial charge in [0.25, 0.3) is 0 Å². The standard InChI is InChI=1S/C30H56O7/c1-7-13-19-24(16-10-4)35-27(31)22-30(34,29(33)37-26(18-12-6)21-15-9-3)23-28(32)36-25(17-11-5)20-14-8-2/h24-26,34H,7-23H2,1-6H3. The summed E-state index contributed by atoms with van der Waals surface area (Å²) in [5, 5.41) is 11.4. The number of hydrogen-bond acceptors (Lipinski definition) is 7. The van der Waals surface area contributed by atoms with Crippen LogP contribution in [0, 0.1) is 0 Å². The van der Waals surface area contributed by atoms with Crippen molar-refractivity contribution in [2.45, 2.75) is 175 Å². The van der Waals surface area contributed by atoms with Gasteiger partial charge < -0.3 is 19.3 Å². The maximum atomic E-state index is 13.3. The molecule has 0 radical (unpaired) electrons. The lowest BCUT2D eigenvalue weighted by molar-refractivity contribution is -0.184. The highest BCUT2D eigenvalue weighted by Gasteiger charge is 2.45. The number of carbonyl (C=O) groups excluding carboxylic acids is 3. The highest BCUT2D eigenvalue weighted by Crippen LogP contribution is 2.25. The minimum Gasteiger partial charge on any atom is -0.462 e. The molecule has 7 nitrogen and oxygen atoms in total. The Kier molecular flexibility index (Phi) is 20.4. The van der Waals surface area contributed by atoms with Crippen molar-refractivity contribution in [3.8, 4) is 0 Å². The van der Waals surface area contributed by atoms with Crippen molar-refractivity contribution in [3.63, 3.8) is 0 Å². The van der Waals surface area contributed by atoms with Crippen molar-refractivity contribution >= 4 is 17.9 Å². The Morgan fingerprint density at radius 2 is 0.865 bits per heavy atom. The van der Waals surface area contributed by atoms with E-state index >= 15 is 0 Å². The number of carbonyl (C=O) groups is 3. The molecular weight excluding hydrogens is 472 g/mol. The quantitative estimate of drug-likeness (QED) is 0.110. The largest absolute Gasteiger partial charge is 0.462 e. The molecule has 0 saturated carbocycles. The van der Waals surface area contributed by atoms with Gasteiger partial charge in [-0.25, -0.2) is 4.79 Å². The monoisotopic (exact) mass is 528 g/mol. The molecule has 0 rings (SSSR count). The molecule has 3 unspecified atom stereocenters. The van der Waals surface area contributed by atoms with E-state index in [0.29, 0.717) is 25.7 Å². The molecule has 0 amide bonds. The van der Waals surface area contributed by atoms with Gasteiger partial charge in [-0.05, 0) is 38.5 Å². The normalized spacial score (nSPS) is 15.3. The molecule has 0 spiro atoms. The summed E-state index contributed by atoms with van der Waals surface area (Å²) >= 11 is 0. The molecule has 0 saturated heterocycles. The summed E-state index contributed by atoms with van der Waals surface area (Å²) in [4.78, 5) is 39.1. The van der Waals surface area contributed by atoms with Gasteiger partial charge in [0, 0.05) is 0 Å². The van der Waals surface area contributed by atoms with Crippen molar-refractivity contribution in [3.05, 3.63) is 0 Å². The SMILES string of the molecule is CCCCC(CCC)OC(=O)CC(O)(CC(=O)OC(CCC)CCCC)C(=O)OC(CCC)CCCC. The molecule has 0 aliphatic rings. The molecule has 0 aromatic heterocycles. The van der Waals surface area contributed by atoms with Gasteiger partial charge in [-0.1, -0.05) is 99.3 Å². The zero-order valence-corrected chi connectivity index (χ0v) is 24.6. The highest BCUT2D eigenvalue weighted by molar-refractivity contribution is 5.90. The van der Waals surface area contributed by atoms with E-state index in [2.05, 4.69) is 20.8 Å². The second kappa shape index (κ2) is 21.3. The summed E-state index contributed by atoms with van der Waals surface area (Å²) in [5.41, 5.74) is -2.32. The first-order chi connectivity index (χ1) is 17.7. The minimum atomic E-state index is -2.32. The number of rotatable bonds is 23. The van der Waals surface area contributed by atoms with Crippen molar-refractivity contribution in [1.82, 2.24) is 0 Å². The summed E-state index contributed by atoms with van der Waals surface area (Å²) < 4.78 is 17.0. The van der Waals surface area contributed by atoms with Crippen LogP contribution in [0.5, 0.6) is 0 Å². The topological polar surface area (TPSA) is 99.1 Å². The number of ether oxygens (including phenoxy) is 3. The van der Waals surface area contributed by atoms with Gasteiger partial charge in [0.1, 0.15) is 18.3 Å². The molecule has 0 heterocycles. The van der Waals surface area contributed by atoms with Crippen molar-refractivity contribution in [2.75, 3.05) is 0 Å². The average Bonchev–Trinajstić information content (AvgIpc) is 2.84. The molecule has 218 valence electrons. The fourth-order valence-electron chi connectivity index (χ4n) is 4.45. The van der Waals surface area contributed by atoms with Crippen LogP contribution >= 0.6 is 0 Å². The summed E-state index contributed by atoms with van der Waals surface area (Å²) in [6, 6.07) is 0. The zero-order chi connectivity index (χ0) is 28.1. The molecule has 0 aromatic rings. The first-order valence-corrected chi connectivity index (χ1v) is 15.0. The van der Waals surface area contributed by atoms with Gasteiger partial charge in [-0.2, -0.15) is 0 Å². The Balaban J connectivity index is 5.67. The number of hydrogen-bond donors (Lipinski definition) is 1. The van der Waals surface area contributed by atoms with Crippen LogP contribution in [0.25, 0.3) is 0 Å². The molecular formula is C30H56O7. The van der Waals surface area contributed by atoms with Crippen molar-refractivity contribution < 1.29 is 33.7 Å². The minimum absolute atomic E-state index is 0.273. The van der Waals surface area contributed by atoms with Crippen LogP contribution in [0.3, 0.4) is 0 Å². The summed E-state index contributed by atoms with van der Waals surface area (Å²) in [5.74, 6) is -2.34. The molecule has 0 aliphatic carbocycles. The second-order valence-corrected chi connectivity index (χ2v) is 10.4. The molecule has 0 fully saturated rings. The van der Waals surface area contributed by atoms with Gasteiger partial charge in [0.05, 0.1) is 12.8 Å². The molecule has 1 N–H and O–H groups in total. The average molecular weight is 529 g/mol. The predicted octanol–water partition coefficient (Wildman–Crippen LogP) is 7.20. The Labute approximate surface area is 226 Å². The van der Waals surface area contributed by atoms with E-state index in [1.54, 1.807) is 0 Å². The van der Waals surface area contributed by atoms with E-state index in [1.807, 2.05) is 20.8 Å². The Morgan fingerprint density at radius 1 is 0.541 bits per heavy atom. The highest BCUT2D eigenvalue weighted by atomic mass is 16.6. The lowest BCUT2D eigenvalue weighted by atomic mass is 9.95. The fraction of sp³-hybridized carbons (Fsp3) is 0.900. The second-order valence-electron chi connectivity index (χ2n) is 10.4. The van der Waals surface area contributed by atoms with Crippen LogP contribution in [0.4, 0.5) is 0 Å². The van der Waals surface area contributed by atoms with E-state index in [9.17, 15) is 19.5 Å². The molecule has 3 atom stereocenters. The van der Waals surface area contributed by atoms with Crippen molar-refractivity contribution in [2.24, 2.45) is 0 Å². The summed E-state index contributed by atoms with van der Waals surface area (Å²) in [6.45, 7) is 12.2. The van der Waals surface area contributed by atoms with Gasteiger partial charge in [-0.3, -0.25) is 9.59 Å². The number of esters is 3. The molecule has 0 aliphatic heterocycles. The van der Waals surface area contributed by atoms with E-state index in [1.165, 1.54) is 0 Å². The third kappa shape index (κ3) is 16.0. The fourth-order valence-corrected chi connectivity index (χ4v) is 4.45. The van der Waals surface area contributed by atoms with Crippen molar-refractivity contribution in [1.29, 1.82) is 0 Å². The van der Waals surface area contributed by atoms with Crippen LogP contribution < -0.4 is 0 Å². The van der Waals surface area contributed by atoms with E-state index in [0.717, 1.165) is 70.6 Å². The molecule has 0 bridgehead atoms. The van der Waals surface area contributed by atoms with Crippen LogP contribution in [0.2, 0.25) is 0 Å².